The van der Waals surface area contributed by atoms with Crippen molar-refractivity contribution in [2.75, 3.05) is 0 Å². The van der Waals surface area contributed by atoms with Crippen molar-refractivity contribution in [1.82, 2.24) is 5.32 Å². The van der Waals surface area contributed by atoms with E-state index in [1.165, 1.54) is 11.8 Å². The van der Waals surface area contributed by atoms with Gasteiger partial charge in [-0.15, -0.1) is 11.8 Å². The van der Waals surface area contributed by atoms with E-state index >= 15 is 0 Å². The summed E-state index contributed by atoms with van der Waals surface area (Å²) >= 11 is 19.3. The first-order valence-electron chi connectivity index (χ1n) is 7.74. The largest absolute Gasteiger partial charge is 0.320 e. The Morgan fingerprint density at radius 1 is 1.12 bits per heavy atom. The van der Waals surface area contributed by atoms with E-state index in [-0.39, 0.29) is 18.2 Å². The summed E-state index contributed by atoms with van der Waals surface area (Å²) < 4.78 is 0. The molecule has 3 rings (SSSR count). The Morgan fingerprint density at radius 3 is 2.50 bits per heavy atom. The summed E-state index contributed by atoms with van der Waals surface area (Å²) in [4.78, 5) is 12.2. The quantitative estimate of drug-likeness (QED) is 0.664. The summed E-state index contributed by atoms with van der Waals surface area (Å²) in [5.41, 5.74) is 2.41. The standard InChI is InChI=1S/C19H13Cl3N2OS/c20-13-4-2-12(3-5-13)14-8-18(25)24-19(15(14)9-23)26-10-11-1-6-16(21)17(22)7-11/h1-7,14H,8,10H2,(H,24,25)/t14-/m1/s1. The maximum absolute atomic E-state index is 12.2. The molecule has 2 aromatic rings. The third-order valence-electron chi connectivity index (χ3n) is 4.00. The van der Waals surface area contributed by atoms with Crippen LogP contribution in [0.2, 0.25) is 15.1 Å². The van der Waals surface area contributed by atoms with Gasteiger partial charge in [0.1, 0.15) is 0 Å². The third kappa shape index (κ3) is 4.36. The highest BCUT2D eigenvalue weighted by Gasteiger charge is 2.29. The average Bonchev–Trinajstić information content (AvgIpc) is 2.63. The van der Waals surface area contributed by atoms with Crippen LogP contribution in [0.1, 0.15) is 23.5 Å². The van der Waals surface area contributed by atoms with Crippen LogP contribution in [0.4, 0.5) is 0 Å². The Labute approximate surface area is 170 Å². The minimum absolute atomic E-state index is 0.111. The fourth-order valence-electron chi connectivity index (χ4n) is 2.70. The smallest absolute Gasteiger partial charge is 0.225 e. The molecule has 0 fully saturated rings. The van der Waals surface area contributed by atoms with E-state index in [1.807, 2.05) is 18.2 Å². The van der Waals surface area contributed by atoms with Gasteiger partial charge in [0.25, 0.3) is 0 Å². The molecule has 1 aliphatic heterocycles. The summed E-state index contributed by atoms with van der Waals surface area (Å²) in [6.45, 7) is 0. The van der Waals surface area contributed by atoms with E-state index < -0.39 is 0 Å². The maximum Gasteiger partial charge on any atom is 0.225 e. The molecule has 0 saturated heterocycles. The van der Waals surface area contributed by atoms with Crippen LogP contribution in [0.3, 0.4) is 0 Å². The average molecular weight is 424 g/mol. The predicted octanol–water partition coefficient (Wildman–Crippen LogP) is 5.92. The highest BCUT2D eigenvalue weighted by Crippen LogP contribution is 2.37. The lowest BCUT2D eigenvalue weighted by Gasteiger charge is -2.25. The molecule has 0 saturated carbocycles. The summed E-state index contributed by atoms with van der Waals surface area (Å²) in [6, 6.07) is 14.9. The van der Waals surface area contributed by atoms with Crippen molar-refractivity contribution in [3.8, 4) is 6.07 Å². The number of carbonyl (C=O) groups is 1. The third-order valence-corrected chi connectivity index (χ3v) is 6.07. The van der Waals surface area contributed by atoms with Gasteiger partial charge in [-0.3, -0.25) is 4.79 Å². The van der Waals surface area contributed by atoms with Gasteiger partial charge >= 0.3 is 0 Å². The molecule has 1 aliphatic rings. The molecular formula is C19H13Cl3N2OS. The molecule has 7 heteroatoms. The van der Waals surface area contributed by atoms with Crippen molar-refractivity contribution >= 4 is 52.5 Å². The second kappa shape index (κ2) is 8.37. The lowest BCUT2D eigenvalue weighted by molar-refractivity contribution is -0.120. The van der Waals surface area contributed by atoms with E-state index in [1.54, 1.807) is 24.3 Å². The molecule has 0 bridgehead atoms. The molecule has 1 atom stereocenters. The van der Waals surface area contributed by atoms with Gasteiger partial charge < -0.3 is 5.32 Å². The van der Waals surface area contributed by atoms with Gasteiger partial charge in [-0.05, 0) is 35.4 Å². The minimum Gasteiger partial charge on any atom is -0.320 e. The zero-order valence-electron chi connectivity index (χ0n) is 13.4. The zero-order chi connectivity index (χ0) is 18.7. The van der Waals surface area contributed by atoms with Crippen molar-refractivity contribution in [3.63, 3.8) is 0 Å². The minimum atomic E-state index is -0.276. The number of amides is 1. The Balaban J connectivity index is 1.87. The van der Waals surface area contributed by atoms with Crippen LogP contribution in [-0.2, 0) is 10.5 Å². The molecule has 2 aromatic carbocycles. The van der Waals surface area contributed by atoms with Crippen LogP contribution in [0.25, 0.3) is 0 Å². The van der Waals surface area contributed by atoms with Crippen LogP contribution in [0, 0.1) is 11.3 Å². The summed E-state index contributed by atoms with van der Waals surface area (Å²) in [5, 5.41) is 14.7. The number of hydrogen-bond acceptors (Lipinski definition) is 3. The lowest BCUT2D eigenvalue weighted by atomic mass is 9.87. The summed E-state index contributed by atoms with van der Waals surface area (Å²) in [6.07, 6.45) is 0.237. The number of nitrogens with zero attached hydrogens (tertiary/aromatic N) is 1. The van der Waals surface area contributed by atoms with Crippen LogP contribution in [0.15, 0.2) is 53.1 Å². The molecule has 1 N–H and O–H groups in total. The molecule has 0 radical (unpaired) electrons. The Hall–Kier alpha value is -1.64. The van der Waals surface area contributed by atoms with Crippen molar-refractivity contribution in [2.45, 2.75) is 18.1 Å². The van der Waals surface area contributed by atoms with E-state index in [9.17, 15) is 10.1 Å². The monoisotopic (exact) mass is 422 g/mol. The highest BCUT2D eigenvalue weighted by atomic mass is 35.5. The first kappa shape index (κ1) is 19.1. The molecule has 0 spiro atoms. The predicted molar refractivity (Wildman–Crippen MR) is 107 cm³/mol. The van der Waals surface area contributed by atoms with Gasteiger partial charge in [-0.25, -0.2) is 0 Å². The van der Waals surface area contributed by atoms with Gasteiger partial charge in [0, 0.05) is 23.1 Å². The molecule has 3 nitrogen and oxygen atoms in total. The van der Waals surface area contributed by atoms with Gasteiger partial charge in [-0.2, -0.15) is 5.26 Å². The van der Waals surface area contributed by atoms with E-state index in [0.717, 1.165) is 11.1 Å². The van der Waals surface area contributed by atoms with E-state index in [4.69, 9.17) is 34.8 Å². The number of rotatable bonds is 4. The number of benzene rings is 2. The van der Waals surface area contributed by atoms with Crippen molar-refractivity contribution < 1.29 is 4.79 Å². The number of nitriles is 1. The second-order valence-corrected chi connectivity index (χ2v) is 7.98. The van der Waals surface area contributed by atoms with E-state index in [0.29, 0.717) is 31.4 Å². The molecule has 1 heterocycles. The maximum atomic E-state index is 12.2. The molecule has 1 amide bonds. The summed E-state index contributed by atoms with van der Waals surface area (Å²) in [5.74, 6) is 0.174. The van der Waals surface area contributed by atoms with Gasteiger partial charge in [0.05, 0.1) is 26.7 Å². The highest BCUT2D eigenvalue weighted by molar-refractivity contribution is 8.02. The molecule has 132 valence electrons. The fraction of sp³-hybridized carbons (Fsp3) is 0.158. The van der Waals surface area contributed by atoms with Gasteiger partial charge in [0.2, 0.25) is 5.91 Å². The molecule has 0 aromatic heterocycles. The zero-order valence-corrected chi connectivity index (χ0v) is 16.5. The van der Waals surface area contributed by atoms with Crippen LogP contribution >= 0.6 is 46.6 Å². The SMILES string of the molecule is N#CC1=C(SCc2ccc(Cl)c(Cl)c2)NC(=O)C[C@@H]1c1ccc(Cl)cc1. The first-order valence-corrected chi connectivity index (χ1v) is 9.86. The van der Waals surface area contributed by atoms with Crippen LogP contribution < -0.4 is 5.32 Å². The lowest BCUT2D eigenvalue weighted by Crippen LogP contribution is -2.30. The normalized spacial score (nSPS) is 17.0. The number of hydrogen-bond donors (Lipinski definition) is 1. The topological polar surface area (TPSA) is 52.9 Å². The fourth-order valence-corrected chi connectivity index (χ4v) is 4.16. The van der Waals surface area contributed by atoms with Crippen LogP contribution in [0.5, 0.6) is 0 Å². The van der Waals surface area contributed by atoms with Gasteiger partial charge in [-0.1, -0.05) is 53.0 Å². The number of halogens is 3. The van der Waals surface area contributed by atoms with E-state index in [2.05, 4.69) is 11.4 Å². The Morgan fingerprint density at radius 2 is 1.85 bits per heavy atom. The van der Waals surface area contributed by atoms with Crippen molar-refractivity contribution in [1.29, 1.82) is 5.26 Å². The van der Waals surface area contributed by atoms with Crippen molar-refractivity contribution in [2.24, 2.45) is 0 Å². The number of carbonyl (C=O) groups excluding carboxylic acids is 1. The second-order valence-electron chi connectivity index (χ2n) is 5.75. The first-order chi connectivity index (χ1) is 12.5. The Bertz CT molecular complexity index is 919. The molecular weight excluding hydrogens is 411 g/mol. The molecule has 0 aliphatic carbocycles. The molecule has 0 unspecified atom stereocenters. The molecule has 26 heavy (non-hydrogen) atoms. The van der Waals surface area contributed by atoms with Crippen molar-refractivity contribution in [3.05, 3.63) is 79.3 Å². The number of nitrogens with one attached hydrogen (secondary N) is 1. The number of thioether (sulfide) groups is 1. The number of allylic oxidation sites excluding steroid dienone is 1. The van der Waals surface area contributed by atoms with Crippen LogP contribution in [-0.4, -0.2) is 5.91 Å². The summed E-state index contributed by atoms with van der Waals surface area (Å²) in [7, 11) is 0. The van der Waals surface area contributed by atoms with Gasteiger partial charge in [0.15, 0.2) is 0 Å². The Kier molecular flexibility index (Phi) is 6.16.